The first-order chi connectivity index (χ1) is 14.4. The van der Waals surface area contributed by atoms with Crippen molar-refractivity contribution in [2.45, 2.75) is 26.8 Å². The highest BCUT2D eigenvalue weighted by atomic mass is 16.3. The van der Waals surface area contributed by atoms with Gasteiger partial charge in [0.1, 0.15) is 5.82 Å². The van der Waals surface area contributed by atoms with Gasteiger partial charge in [0.05, 0.1) is 18.3 Å². The Morgan fingerprint density at radius 3 is 2.27 bits per heavy atom. The molecule has 156 valence electrons. The molecule has 4 N–H and O–H groups in total. The van der Waals surface area contributed by atoms with E-state index in [0.29, 0.717) is 11.8 Å². The van der Waals surface area contributed by atoms with Crippen LogP contribution in [0.2, 0.25) is 0 Å². The fourth-order valence-corrected chi connectivity index (χ4v) is 2.91. The Morgan fingerprint density at radius 2 is 1.67 bits per heavy atom. The van der Waals surface area contributed by atoms with Crippen molar-refractivity contribution in [3.05, 3.63) is 60.7 Å². The number of amides is 1. The van der Waals surface area contributed by atoms with Crippen LogP contribution in [0, 0.1) is 5.92 Å². The van der Waals surface area contributed by atoms with Crippen molar-refractivity contribution in [2.75, 3.05) is 22.6 Å². The van der Waals surface area contributed by atoms with Crippen LogP contribution < -0.4 is 16.0 Å². The molecule has 0 bridgehead atoms. The molecule has 0 radical (unpaired) electrons. The number of benzene rings is 2. The molecular weight excluding hydrogens is 378 g/mol. The quantitative estimate of drug-likeness (QED) is 0.447. The number of carbonyl (C=O) groups excluding carboxylic acids is 1. The zero-order valence-electron chi connectivity index (χ0n) is 17.4. The first-order valence-corrected chi connectivity index (χ1v) is 9.91. The summed E-state index contributed by atoms with van der Waals surface area (Å²) in [6.45, 7) is 5.53. The Kier molecular flexibility index (Phi) is 6.98. The third-order valence-electron chi connectivity index (χ3n) is 4.59. The fourth-order valence-electron chi connectivity index (χ4n) is 2.91. The van der Waals surface area contributed by atoms with Gasteiger partial charge in [0.15, 0.2) is 0 Å². The summed E-state index contributed by atoms with van der Waals surface area (Å²) in [4.78, 5) is 20.4. The first-order valence-electron chi connectivity index (χ1n) is 9.91. The van der Waals surface area contributed by atoms with Gasteiger partial charge in [-0.25, -0.2) is 4.98 Å². The number of hydrogen-bond donors (Lipinski definition) is 4. The zero-order chi connectivity index (χ0) is 21.5. The van der Waals surface area contributed by atoms with E-state index in [1.165, 1.54) is 6.92 Å². The highest BCUT2D eigenvalue weighted by Crippen LogP contribution is 2.25. The van der Waals surface area contributed by atoms with Gasteiger partial charge in [0.2, 0.25) is 11.9 Å². The van der Waals surface area contributed by atoms with Crippen molar-refractivity contribution in [3.63, 3.8) is 0 Å². The van der Waals surface area contributed by atoms with Gasteiger partial charge < -0.3 is 21.1 Å². The largest absolute Gasteiger partial charge is 0.394 e. The molecule has 0 saturated carbocycles. The average molecular weight is 406 g/mol. The Hall–Kier alpha value is -3.45. The van der Waals surface area contributed by atoms with Crippen LogP contribution in [0.4, 0.5) is 23.1 Å². The second kappa shape index (κ2) is 9.84. The molecule has 1 amide bonds. The minimum absolute atomic E-state index is 0.00996. The predicted octanol–water partition coefficient (Wildman–Crippen LogP) is 4.27. The maximum Gasteiger partial charge on any atom is 0.225 e. The van der Waals surface area contributed by atoms with Crippen molar-refractivity contribution in [3.8, 4) is 11.3 Å². The lowest BCUT2D eigenvalue weighted by Crippen LogP contribution is -2.30. The molecule has 1 atom stereocenters. The molecule has 3 rings (SSSR count). The minimum Gasteiger partial charge on any atom is -0.394 e. The Morgan fingerprint density at radius 1 is 1.00 bits per heavy atom. The Labute approximate surface area is 176 Å². The molecule has 7 heteroatoms. The number of aliphatic hydroxyl groups is 1. The third-order valence-corrected chi connectivity index (χ3v) is 4.59. The molecule has 0 unspecified atom stereocenters. The number of aromatic nitrogens is 2. The summed E-state index contributed by atoms with van der Waals surface area (Å²) in [5.41, 5.74) is 3.30. The molecule has 0 saturated heterocycles. The van der Waals surface area contributed by atoms with E-state index < -0.39 is 0 Å². The van der Waals surface area contributed by atoms with Crippen molar-refractivity contribution < 1.29 is 9.90 Å². The average Bonchev–Trinajstić information content (AvgIpc) is 2.73. The second-order valence-electron chi connectivity index (χ2n) is 7.39. The topological polar surface area (TPSA) is 99.2 Å². The van der Waals surface area contributed by atoms with Gasteiger partial charge in [-0.15, -0.1) is 0 Å². The molecule has 1 heterocycles. The molecule has 0 aliphatic carbocycles. The lowest BCUT2D eigenvalue weighted by Gasteiger charge is -2.20. The van der Waals surface area contributed by atoms with Crippen LogP contribution in [0.15, 0.2) is 60.7 Å². The van der Waals surface area contributed by atoms with Gasteiger partial charge in [-0.1, -0.05) is 44.2 Å². The van der Waals surface area contributed by atoms with Gasteiger partial charge in [-0.05, 0) is 30.2 Å². The monoisotopic (exact) mass is 405 g/mol. The number of rotatable bonds is 8. The normalized spacial score (nSPS) is 11.8. The number of carbonyl (C=O) groups is 1. The first kappa shape index (κ1) is 21.3. The van der Waals surface area contributed by atoms with Crippen molar-refractivity contribution >= 4 is 29.0 Å². The van der Waals surface area contributed by atoms with E-state index in [4.69, 9.17) is 0 Å². The number of hydrogen-bond acceptors (Lipinski definition) is 6. The van der Waals surface area contributed by atoms with E-state index >= 15 is 0 Å². The Balaban J connectivity index is 1.90. The van der Waals surface area contributed by atoms with E-state index in [0.717, 1.165) is 22.6 Å². The molecule has 0 aliphatic heterocycles. The molecule has 1 aromatic heterocycles. The lowest BCUT2D eigenvalue weighted by atomic mass is 10.1. The van der Waals surface area contributed by atoms with Crippen molar-refractivity contribution in [1.29, 1.82) is 0 Å². The standard InChI is InChI=1S/C23H27N5O2/c1-15(2)21(14-29)27-23-26-20(17-7-5-4-6-8-17)13-22(28-23)25-19-11-9-18(10-12-19)24-16(3)30/h4-13,15,21,29H,14H2,1-3H3,(H,24,30)(H2,25,26,27,28)/t21-/m1/s1. The van der Waals surface area contributed by atoms with Gasteiger partial charge >= 0.3 is 0 Å². The van der Waals surface area contributed by atoms with Gasteiger partial charge in [0.25, 0.3) is 0 Å². The van der Waals surface area contributed by atoms with E-state index in [2.05, 4.69) is 25.9 Å². The second-order valence-corrected chi connectivity index (χ2v) is 7.39. The summed E-state index contributed by atoms with van der Waals surface area (Å²) < 4.78 is 0. The van der Waals surface area contributed by atoms with E-state index in [1.54, 1.807) is 0 Å². The highest BCUT2D eigenvalue weighted by Gasteiger charge is 2.15. The molecule has 2 aromatic carbocycles. The van der Waals surface area contributed by atoms with E-state index in [-0.39, 0.29) is 24.5 Å². The molecule has 3 aromatic rings. The van der Waals surface area contributed by atoms with Crippen LogP contribution in [0.1, 0.15) is 20.8 Å². The molecule has 0 fully saturated rings. The number of aliphatic hydroxyl groups excluding tert-OH is 1. The maximum atomic E-state index is 11.2. The Bertz CT molecular complexity index is 975. The molecule has 0 spiro atoms. The number of nitrogens with zero attached hydrogens (tertiary/aromatic N) is 2. The highest BCUT2D eigenvalue weighted by molar-refractivity contribution is 5.88. The van der Waals surface area contributed by atoms with Crippen molar-refractivity contribution in [1.82, 2.24) is 9.97 Å². The van der Waals surface area contributed by atoms with Crippen LogP contribution in [-0.2, 0) is 4.79 Å². The van der Waals surface area contributed by atoms with Gasteiger partial charge in [-0.3, -0.25) is 4.79 Å². The third kappa shape index (κ3) is 5.78. The van der Waals surface area contributed by atoms with E-state index in [1.807, 2.05) is 74.5 Å². The van der Waals surface area contributed by atoms with E-state index in [9.17, 15) is 9.90 Å². The summed E-state index contributed by atoms with van der Waals surface area (Å²) in [7, 11) is 0. The predicted molar refractivity (Wildman–Crippen MR) is 121 cm³/mol. The van der Waals surface area contributed by atoms with Gasteiger partial charge in [0, 0.05) is 29.9 Å². The molecule has 30 heavy (non-hydrogen) atoms. The summed E-state index contributed by atoms with van der Waals surface area (Å²) in [5, 5.41) is 18.9. The smallest absolute Gasteiger partial charge is 0.225 e. The fraction of sp³-hybridized carbons (Fsp3) is 0.261. The molecule has 0 aliphatic rings. The SMILES string of the molecule is CC(=O)Nc1ccc(Nc2cc(-c3ccccc3)nc(N[C@H](CO)C(C)C)n2)cc1. The summed E-state index contributed by atoms with van der Waals surface area (Å²) in [6.07, 6.45) is 0. The maximum absolute atomic E-state index is 11.2. The van der Waals surface area contributed by atoms with Crippen LogP contribution >= 0.6 is 0 Å². The summed E-state index contributed by atoms with van der Waals surface area (Å²) in [5.74, 6) is 1.18. The van der Waals surface area contributed by atoms with Gasteiger partial charge in [-0.2, -0.15) is 4.98 Å². The minimum atomic E-state index is -0.152. The van der Waals surface area contributed by atoms with Crippen molar-refractivity contribution in [2.24, 2.45) is 5.92 Å². The summed E-state index contributed by atoms with van der Waals surface area (Å²) >= 11 is 0. The van der Waals surface area contributed by atoms with Crippen LogP contribution in [-0.4, -0.2) is 33.6 Å². The zero-order valence-corrected chi connectivity index (χ0v) is 17.4. The number of nitrogens with one attached hydrogen (secondary N) is 3. The van der Waals surface area contributed by atoms with Crippen LogP contribution in [0.5, 0.6) is 0 Å². The summed E-state index contributed by atoms with van der Waals surface area (Å²) in [6, 6.07) is 19.0. The number of anilines is 4. The van der Waals surface area contributed by atoms with Crippen LogP contribution in [0.25, 0.3) is 11.3 Å². The lowest BCUT2D eigenvalue weighted by molar-refractivity contribution is -0.114. The van der Waals surface area contributed by atoms with Crippen LogP contribution in [0.3, 0.4) is 0 Å². The molecular formula is C23H27N5O2. The molecule has 7 nitrogen and oxygen atoms in total.